The number of hydrogen-bond acceptors (Lipinski definition) is 4. The van der Waals surface area contributed by atoms with Gasteiger partial charge in [-0.05, 0) is 50.5 Å². The molecule has 0 unspecified atom stereocenters. The third-order valence-electron chi connectivity index (χ3n) is 4.06. The van der Waals surface area contributed by atoms with Gasteiger partial charge in [0, 0.05) is 17.0 Å². The summed E-state index contributed by atoms with van der Waals surface area (Å²) in [5.41, 5.74) is 0.877. The number of aryl methyl sites for hydroxylation is 1. The molecule has 1 atom stereocenters. The van der Waals surface area contributed by atoms with Crippen molar-refractivity contribution in [2.24, 2.45) is 0 Å². The van der Waals surface area contributed by atoms with Crippen molar-refractivity contribution in [3.63, 3.8) is 0 Å². The van der Waals surface area contributed by atoms with E-state index in [9.17, 15) is 9.18 Å². The predicted molar refractivity (Wildman–Crippen MR) is 89.1 cm³/mol. The van der Waals surface area contributed by atoms with Gasteiger partial charge in [-0.2, -0.15) is 0 Å². The average Bonchev–Trinajstić information content (AvgIpc) is 3.15. The van der Waals surface area contributed by atoms with Crippen LogP contribution < -0.4 is 5.32 Å². The quantitative estimate of drug-likeness (QED) is 0.919. The molecule has 23 heavy (non-hydrogen) atoms. The van der Waals surface area contributed by atoms with E-state index in [1.165, 1.54) is 23.5 Å². The molecule has 3 rings (SSSR count). The van der Waals surface area contributed by atoms with Crippen LogP contribution in [0.25, 0.3) is 11.3 Å². The molecule has 1 aromatic carbocycles. The molecule has 1 saturated heterocycles. The van der Waals surface area contributed by atoms with Crippen molar-refractivity contribution in [1.29, 1.82) is 0 Å². The molecule has 1 fully saturated rings. The number of ether oxygens (including phenoxy) is 1. The molecule has 0 spiro atoms. The third-order valence-corrected chi connectivity index (χ3v) is 5.17. The normalized spacial score (nSPS) is 20.7. The Labute approximate surface area is 138 Å². The van der Waals surface area contributed by atoms with Crippen molar-refractivity contribution in [3.8, 4) is 11.3 Å². The number of halogens is 1. The Bertz CT molecular complexity index is 706. The van der Waals surface area contributed by atoms with Gasteiger partial charge >= 0.3 is 0 Å². The zero-order valence-corrected chi connectivity index (χ0v) is 14.0. The van der Waals surface area contributed by atoms with Gasteiger partial charge < -0.3 is 4.74 Å². The molecule has 122 valence electrons. The van der Waals surface area contributed by atoms with E-state index < -0.39 is 5.60 Å². The van der Waals surface area contributed by atoms with Gasteiger partial charge in [-0.25, -0.2) is 9.37 Å². The van der Waals surface area contributed by atoms with Crippen LogP contribution >= 0.6 is 11.3 Å². The number of anilines is 1. The van der Waals surface area contributed by atoms with Gasteiger partial charge in [-0.1, -0.05) is 6.92 Å². The van der Waals surface area contributed by atoms with E-state index in [1.54, 1.807) is 12.1 Å². The van der Waals surface area contributed by atoms with Crippen molar-refractivity contribution >= 4 is 22.4 Å². The van der Waals surface area contributed by atoms with Crippen molar-refractivity contribution in [3.05, 3.63) is 35.0 Å². The van der Waals surface area contributed by atoms with E-state index in [1.807, 2.05) is 13.8 Å². The third kappa shape index (κ3) is 3.28. The molecule has 2 heterocycles. The Hall–Kier alpha value is -1.79. The number of benzene rings is 1. The van der Waals surface area contributed by atoms with E-state index in [-0.39, 0.29) is 11.7 Å². The summed E-state index contributed by atoms with van der Waals surface area (Å²) in [4.78, 5) is 18.0. The summed E-state index contributed by atoms with van der Waals surface area (Å²) in [5, 5.41) is 3.43. The number of carbonyl (C=O) groups excluding carboxylic acids is 1. The number of nitrogens with one attached hydrogen (secondary N) is 1. The highest BCUT2D eigenvalue weighted by Gasteiger charge is 2.38. The fourth-order valence-corrected chi connectivity index (χ4v) is 3.58. The van der Waals surface area contributed by atoms with Crippen LogP contribution in [-0.4, -0.2) is 23.1 Å². The molecule has 0 saturated carbocycles. The standard InChI is InChI=1S/C17H19FN2O2S/c1-3-13-14(11-5-7-12(18)8-6-11)19-16(23-13)20-15(21)17(2)9-4-10-22-17/h5-8H,3-4,9-10H2,1-2H3,(H,19,20,21)/t17-/m0/s1. The lowest BCUT2D eigenvalue weighted by Gasteiger charge is -2.20. The molecule has 0 bridgehead atoms. The Balaban J connectivity index is 1.84. The van der Waals surface area contributed by atoms with Gasteiger partial charge in [0.05, 0.1) is 5.69 Å². The fourth-order valence-electron chi connectivity index (χ4n) is 2.67. The molecule has 1 amide bonds. The van der Waals surface area contributed by atoms with Gasteiger partial charge in [0.15, 0.2) is 5.13 Å². The summed E-state index contributed by atoms with van der Waals surface area (Å²) < 4.78 is 18.6. The summed E-state index contributed by atoms with van der Waals surface area (Å²) in [7, 11) is 0. The van der Waals surface area contributed by atoms with Crippen LogP contribution in [0.4, 0.5) is 9.52 Å². The van der Waals surface area contributed by atoms with E-state index in [2.05, 4.69) is 10.3 Å². The molecule has 6 heteroatoms. The maximum Gasteiger partial charge on any atom is 0.258 e. The van der Waals surface area contributed by atoms with Gasteiger partial charge in [0.1, 0.15) is 11.4 Å². The SMILES string of the molecule is CCc1sc(NC(=O)[C@]2(C)CCCO2)nc1-c1ccc(F)cc1. The minimum atomic E-state index is -0.770. The van der Waals surface area contributed by atoms with Crippen LogP contribution in [0.3, 0.4) is 0 Å². The summed E-state index contributed by atoms with van der Waals surface area (Å²) >= 11 is 1.45. The number of aromatic nitrogens is 1. The summed E-state index contributed by atoms with van der Waals surface area (Å²) in [5.74, 6) is -0.432. The minimum Gasteiger partial charge on any atom is -0.365 e. The number of thiazole rings is 1. The summed E-state index contributed by atoms with van der Waals surface area (Å²) in [6.07, 6.45) is 2.41. The van der Waals surface area contributed by atoms with Crippen LogP contribution in [0.5, 0.6) is 0 Å². The van der Waals surface area contributed by atoms with Crippen molar-refractivity contribution in [2.75, 3.05) is 11.9 Å². The van der Waals surface area contributed by atoms with Crippen LogP contribution in [0.1, 0.15) is 31.6 Å². The maximum atomic E-state index is 13.1. The molecule has 1 N–H and O–H groups in total. The van der Waals surface area contributed by atoms with Gasteiger partial charge in [0.2, 0.25) is 0 Å². The zero-order chi connectivity index (χ0) is 16.4. The number of carbonyl (C=O) groups is 1. The second kappa shape index (κ2) is 6.37. The lowest BCUT2D eigenvalue weighted by Crippen LogP contribution is -2.39. The van der Waals surface area contributed by atoms with Gasteiger partial charge in [-0.3, -0.25) is 10.1 Å². The molecule has 0 radical (unpaired) electrons. The molecule has 4 nitrogen and oxygen atoms in total. The molecule has 1 aliphatic heterocycles. The number of nitrogens with zero attached hydrogens (tertiary/aromatic N) is 1. The van der Waals surface area contributed by atoms with Crippen molar-refractivity contribution < 1.29 is 13.9 Å². The van der Waals surface area contributed by atoms with Crippen LogP contribution in [-0.2, 0) is 16.0 Å². The van der Waals surface area contributed by atoms with Gasteiger partial charge in [0.25, 0.3) is 5.91 Å². The monoisotopic (exact) mass is 334 g/mol. The highest BCUT2D eigenvalue weighted by molar-refractivity contribution is 7.16. The molecule has 1 aliphatic rings. The highest BCUT2D eigenvalue weighted by atomic mass is 32.1. The first-order valence-electron chi connectivity index (χ1n) is 7.73. The van der Waals surface area contributed by atoms with E-state index in [0.717, 1.165) is 35.4 Å². The molecule has 1 aromatic heterocycles. The minimum absolute atomic E-state index is 0.156. The first-order chi connectivity index (χ1) is 11.0. The van der Waals surface area contributed by atoms with Crippen LogP contribution in [0.2, 0.25) is 0 Å². The summed E-state index contributed by atoms with van der Waals surface area (Å²) in [6.45, 7) is 4.46. The Morgan fingerprint density at radius 3 is 2.78 bits per heavy atom. The second-order valence-corrected chi connectivity index (χ2v) is 6.87. The maximum absolute atomic E-state index is 13.1. The first kappa shape index (κ1) is 16.1. The summed E-state index contributed by atoms with van der Waals surface area (Å²) in [6, 6.07) is 6.24. The topological polar surface area (TPSA) is 51.2 Å². The van der Waals surface area contributed by atoms with Gasteiger partial charge in [-0.15, -0.1) is 11.3 Å². The zero-order valence-electron chi connectivity index (χ0n) is 13.2. The largest absolute Gasteiger partial charge is 0.365 e. The molecular formula is C17H19FN2O2S. The Kier molecular flexibility index (Phi) is 4.46. The predicted octanol–water partition coefficient (Wildman–Crippen LogP) is 4.02. The Morgan fingerprint density at radius 2 is 2.17 bits per heavy atom. The lowest BCUT2D eigenvalue weighted by molar-refractivity contribution is -0.133. The fraction of sp³-hybridized carbons (Fsp3) is 0.412. The van der Waals surface area contributed by atoms with E-state index in [4.69, 9.17) is 4.74 Å². The van der Waals surface area contributed by atoms with E-state index in [0.29, 0.717) is 11.7 Å². The van der Waals surface area contributed by atoms with Crippen LogP contribution in [0, 0.1) is 5.82 Å². The molecule has 0 aliphatic carbocycles. The second-order valence-electron chi connectivity index (χ2n) is 5.79. The molecular weight excluding hydrogens is 315 g/mol. The van der Waals surface area contributed by atoms with E-state index >= 15 is 0 Å². The average molecular weight is 334 g/mol. The smallest absolute Gasteiger partial charge is 0.258 e. The van der Waals surface area contributed by atoms with Crippen molar-refractivity contribution in [2.45, 2.75) is 38.7 Å². The van der Waals surface area contributed by atoms with Crippen molar-refractivity contribution in [1.82, 2.24) is 4.98 Å². The Morgan fingerprint density at radius 1 is 1.43 bits per heavy atom. The number of rotatable bonds is 4. The first-order valence-corrected chi connectivity index (χ1v) is 8.54. The number of amides is 1. The lowest BCUT2D eigenvalue weighted by atomic mass is 10.0. The molecule has 2 aromatic rings. The number of hydrogen-bond donors (Lipinski definition) is 1. The van der Waals surface area contributed by atoms with Crippen LogP contribution in [0.15, 0.2) is 24.3 Å². The highest BCUT2D eigenvalue weighted by Crippen LogP contribution is 2.33.